The van der Waals surface area contributed by atoms with Crippen LogP contribution in [0.3, 0.4) is 0 Å². The Labute approximate surface area is 114 Å². The van der Waals surface area contributed by atoms with Gasteiger partial charge >= 0.3 is 6.18 Å². The summed E-state index contributed by atoms with van der Waals surface area (Å²) in [5.74, 6) is 0.178. The van der Waals surface area contributed by atoms with Gasteiger partial charge in [-0.2, -0.15) is 17.5 Å². The third-order valence-electron chi connectivity index (χ3n) is 2.34. The van der Waals surface area contributed by atoms with Crippen molar-refractivity contribution in [3.8, 4) is 0 Å². The van der Waals surface area contributed by atoms with Gasteiger partial charge < -0.3 is 0 Å². The van der Waals surface area contributed by atoms with Gasteiger partial charge in [-0.25, -0.2) is 13.4 Å². The molecule has 1 aromatic heterocycles. The predicted molar refractivity (Wildman–Crippen MR) is 64.3 cm³/mol. The summed E-state index contributed by atoms with van der Waals surface area (Å²) in [5.41, 5.74) is 0.624. The molecule has 0 amide bonds. The van der Waals surface area contributed by atoms with E-state index in [1.54, 1.807) is 0 Å². The summed E-state index contributed by atoms with van der Waals surface area (Å²) < 4.78 is 60.6. The van der Waals surface area contributed by atoms with Crippen LogP contribution in [0.2, 0.25) is 0 Å². The summed E-state index contributed by atoms with van der Waals surface area (Å²) in [6, 6.07) is 2.68. The molecule has 0 spiro atoms. The Balaban J connectivity index is 2.84. The van der Waals surface area contributed by atoms with Crippen LogP contribution in [0.4, 0.5) is 13.2 Å². The smallest absolute Gasteiger partial charge is 0.243 e. The third-order valence-corrected chi connectivity index (χ3v) is 4.42. The van der Waals surface area contributed by atoms with Crippen LogP contribution < -0.4 is 0 Å². The van der Waals surface area contributed by atoms with Gasteiger partial charge in [0.15, 0.2) is 5.03 Å². The van der Waals surface area contributed by atoms with Crippen molar-refractivity contribution in [3.05, 3.63) is 23.9 Å². The van der Waals surface area contributed by atoms with Crippen LogP contribution in [0.5, 0.6) is 0 Å². The van der Waals surface area contributed by atoms with Crippen LogP contribution in [-0.4, -0.2) is 37.5 Å². The second-order valence-corrected chi connectivity index (χ2v) is 6.09. The normalized spacial score (nSPS) is 12.9. The van der Waals surface area contributed by atoms with E-state index in [1.165, 1.54) is 18.3 Å². The SMILES string of the molecule is CN(CCC(F)(F)F)S(=O)(=O)c1ccc(CCl)cn1. The lowest BCUT2D eigenvalue weighted by molar-refractivity contribution is -0.135. The predicted octanol–water partition coefficient (Wildman–Crippen LogP) is 2.39. The highest BCUT2D eigenvalue weighted by atomic mass is 35.5. The molecule has 0 atom stereocenters. The Kier molecular flexibility index (Phi) is 5.17. The van der Waals surface area contributed by atoms with E-state index in [0.717, 1.165) is 7.05 Å². The number of halogens is 4. The largest absolute Gasteiger partial charge is 0.390 e. The van der Waals surface area contributed by atoms with Gasteiger partial charge in [-0.15, -0.1) is 11.6 Å². The fourth-order valence-electron chi connectivity index (χ4n) is 1.21. The van der Waals surface area contributed by atoms with E-state index in [2.05, 4.69) is 4.98 Å². The van der Waals surface area contributed by atoms with E-state index < -0.39 is 29.2 Å². The molecule has 0 aliphatic carbocycles. The van der Waals surface area contributed by atoms with Crippen LogP contribution in [0.15, 0.2) is 23.4 Å². The van der Waals surface area contributed by atoms with Crippen molar-refractivity contribution in [2.45, 2.75) is 23.5 Å². The lowest BCUT2D eigenvalue weighted by atomic mass is 10.3. The highest BCUT2D eigenvalue weighted by Gasteiger charge is 2.30. The number of nitrogens with zero attached hydrogens (tertiary/aromatic N) is 2. The molecule has 108 valence electrons. The van der Waals surface area contributed by atoms with E-state index in [4.69, 9.17) is 11.6 Å². The Hall–Kier alpha value is -0.860. The average Bonchev–Trinajstić information content (AvgIpc) is 2.35. The summed E-state index contributed by atoms with van der Waals surface area (Å²) in [7, 11) is -2.93. The van der Waals surface area contributed by atoms with Crippen LogP contribution in [-0.2, 0) is 15.9 Å². The Morgan fingerprint density at radius 2 is 2.00 bits per heavy atom. The minimum atomic E-state index is -4.40. The molecule has 4 nitrogen and oxygen atoms in total. The van der Waals surface area contributed by atoms with Gasteiger partial charge in [-0.3, -0.25) is 0 Å². The van der Waals surface area contributed by atoms with Crippen molar-refractivity contribution >= 4 is 21.6 Å². The summed E-state index contributed by atoms with van der Waals surface area (Å²) >= 11 is 5.53. The van der Waals surface area contributed by atoms with Gasteiger partial charge in [0.2, 0.25) is 0 Å². The number of aromatic nitrogens is 1. The number of hydrogen-bond donors (Lipinski definition) is 0. The first-order valence-electron chi connectivity index (χ1n) is 5.21. The molecule has 1 heterocycles. The quantitative estimate of drug-likeness (QED) is 0.784. The number of sulfonamides is 1. The molecule has 19 heavy (non-hydrogen) atoms. The van der Waals surface area contributed by atoms with Gasteiger partial charge in [0.25, 0.3) is 10.0 Å². The molecule has 0 fully saturated rings. The topological polar surface area (TPSA) is 50.3 Å². The van der Waals surface area contributed by atoms with Crippen molar-refractivity contribution in [3.63, 3.8) is 0 Å². The van der Waals surface area contributed by atoms with E-state index >= 15 is 0 Å². The van der Waals surface area contributed by atoms with Crippen LogP contribution in [0.25, 0.3) is 0 Å². The van der Waals surface area contributed by atoms with E-state index in [-0.39, 0.29) is 10.9 Å². The van der Waals surface area contributed by atoms with Crippen molar-refractivity contribution in [2.24, 2.45) is 0 Å². The number of hydrogen-bond acceptors (Lipinski definition) is 3. The van der Waals surface area contributed by atoms with Gasteiger partial charge in [-0.1, -0.05) is 6.07 Å². The summed E-state index contributed by atoms with van der Waals surface area (Å²) in [6.45, 7) is -0.648. The van der Waals surface area contributed by atoms with Crippen molar-refractivity contribution in [1.82, 2.24) is 9.29 Å². The first-order chi connectivity index (χ1) is 8.66. The first kappa shape index (κ1) is 16.2. The first-order valence-corrected chi connectivity index (χ1v) is 7.18. The van der Waals surface area contributed by atoms with Gasteiger partial charge in [0.1, 0.15) is 0 Å². The lowest BCUT2D eigenvalue weighted by Gasteiger charge is -2.17. The maximum absolute atomic E-state index is 12.1. The zero-order valence-corrected chi connectivity index (χ0v) is 11.6. The monoisotopic (exact) mass is 316 g/mol. The summed E-state index contributed by atoms with van der Waals surface area (Å²) in [4.78, 5) is 3.69. The van der Waals surface area contributed by atoms with Gasteiger partial charge in [-0.05, 0) is 11.6 Å². The molecule has 9 heteroatoms. The Morgan fingerprint density at radius 3 is 2.42 bits per heavy atom. The van der Waals surface area contributed by atoms with Crippen molar-refractivity contribution in [1.29, 1.82) is 0 Å². The molecular weight excluding hydrogens is 305 g/mol. The molecule has 0 aliphatic heterocycles. The molecule has 0 N–H and O–H groups in total. The van der Waals surface area contributed by atoms with E-state index in [9.17, 15) is 21.6 Å². The zero-order valence-electron chi connectivity index (χ0n) is 9.98. The lowest BCUT2D eigenvalue weighted by Crippen LogP contribution is -2.31. The maximum atomic E-state index is 12.1. The molecule has 0 aliphatic rings. The molecule has 0 radical (unpaired) electrons. The Bertz CT molecular complexity index is 517. The number of alkyl halides is 4. The molecule has 1 rings (SSSR count). The Morgan fingerprint density at radius 1 is 1.37 bits per heavy atom. The average molecular weight is 317 g/mol. The van der Waals surface area contributed by atoms with Crippen LogP contribution >= 0.6 is 11.6 Å². The van der Waals surface area contributed by atoms with E-state index in [0.29, 0.717) is 9.87 Å². The zero-order chi connectivity index (χ0) is 14.7. The molecule has 0 aromatic carbocycles. The fraction of sp³-hybridized carbons (Fsp3) is 0.500. The molecule has 0 unspecified atom stereocenters. The summed E-state index contributed by atoms with van der Waals surface area (Å²) in [5, 5.41) is -0.300. The molecule has 1 aromatic rings. The summed E-state index contributed by atoms with van der Waals surface area (Å²) in [6.07, 6.45) is -4.33. The number of pyridine rings is 1. The maximum Gasteiger partial charge on any atom is 0.390 e. The minimum absolute atomic E-state index is 0.178. The second kappa shape index (κ2) is 6.06. The minimum Gasteiger partial charge on any atom is -0.243 e. The van der Waals surface area contributed by atoms with Crippen molar-refractivity contribution in [2.75, 3.05) is 13.6 Å². The fourth-order valence-corrected chi connectivity index (χ4v) is 2.44. The second-order valence-electron chi connectivity index (χ2n) is 3.83. The number of rotatable bonds is 5. The van der Waals surface area contributed by atoms with Crippen LogP contribution in [0.1, 0.15) is 12.0 Å². The molecule has 0 saturated carbocycles. The highest BCUT2D eigenvalue weighted by molar-refractivity contribution is 7.89. The molecular formula is C10H12ClF3N2O2S. The molecule has 0 bridgehead atoms. The third kappa shape index (κ3) is 4.63. The van der Waals surface area contributed by atoms with Gasteiger partial charge in [0, 0.05) is 25.7 Å². The van der Waals surface area contributed by atoms with Crippen molar-refractivity contribution < 1.29 is 21.6 Å². The standard InChI is InChI=1S/C10H12ClF3N2O2S/c1-16(5-4-10(12,13)14)19(17,18)9-3-2-8(6-11)7-15-9/h2-3,7H,4-6H2,1H3. The molecule has 0 saturated heterocycles. The van der Waals surface area contributed by atoms with E-state index in [1.807, 2.05) is 0 Å². The van der Waals surface area contributed by atoms with Gasteiger partial charge in [0.05, 0.1) is 6.42 Å². The highest BCUT2D eigenvalue weighted by Crippen LogP contribution is 2.21. The van der Waals surface area contributed by atoms with Crippen LogP contribution in [0, 0.1) is 0 Å².